The van der Waals surface area contributed by atoms with Gasteiger partial charge in [0.2, 0.25) is 0 Å². The first kappa shape index (κ1) is 14.8. The van der Waals surface area contributed by atoms with Crippen LogP contribution in [0.15, 0.2) is 42.0 Å². The third-order valence-corrected chi connectivity index (χ3v) is 3.84. The molecule has 0 aromatic heterocycles. The molecule has 0 aliphatic heterocycles. The highest BCUT2D eigenvalue weighted by molar-refractivity contribution is 6.49. The Bertz CT molecular complexity index is 575. The maximum Gasteiger partial charge on any atom is 0.336 e. The predicted molar refractivity (Wildman–Crippen MR) is 79.3 cm³/mol. The molecule has 1 aromatic carbocycles. The van der Waals surface area contributed by atoms with Crippen molar-refractivity contribution in [2.24, 2.45) is 0 Å². The number of esters is 1. The minimum atomic E-state index is -1.09. The molecule has 0 saturated carbocycles. The van der Waals surface area contributed by atoms with Gasteiger partial charge in [0, 0.05) is 0 Å². The van der Waals surface area contributed by atoms with Crippen LogP contribution in [-0.4, -0.2) is 23.8 Å². The molecule has 20 heavy (non-hydrogen) atoms. The first-order chi connectivity index (χ1) is 9.56. The van der Waals surface area contributed by atoms with E-state index in [-0.39, 0.29) is 12.2 Å². The SMILES string of the molecule is C=C(C(=O)OCC)C(O)C1=C(Cl)c2ccccc2CC1. The van der Waals surface area contributed by atoms with Crippen LogP contribution in [0.25, 0.3) is 5.03 Å². The number of carbonyl (C=O) groups is 1. The van der Waals surface area contributed by atoms with Gasteiger partial charge in [-0.1, -0.05) is 42.4 Å². The van der Waals surface area contributed by atoms with E-state index >= 15 is 0 Å². The average molecular weight is 293 g/mol. The summed E-state index contributed by atoms with van der Waals surface area (Å²) in [5.41, 5.74) is 2.71. The van der Waals surface area contributed by atoms with Crippen molar-refractivity contribution in [2.75, 3.05) is 6.61 Å². The number of halogens is 1. The van der Waals surface area contributed by atoms with Gasteiger partial charge in [-0.2, -0.15) is 0 Å². The molecule has 0 amide bonds. The second-order valence-corrected chi connectivity index (χ2v) is 5.02. The zero-order chi connectivity index (χ0) is 14.7. The van der Waals surface area contributed by atoms with Gasteiger partial charge in [0.15, 0.2) is 0 Å². The molecule has 0 fully saturated rings. The van der Waals surface area contributed by atoms with Gasteiger partial charge in [-0.05, 0) is 36.5 Å². The van der Waals surface area contributed by atoms with Crippen molar-refractivity contribution in [2.45, 2.75) is 25.9 Å². The lowest BCUT2D eigenvalue weighted by molar-refractivity contribution is -0.139. The van der Waals surface area contributed by atoms with Crippen molar-refractivity contribution in [1.82, 2.24) is 0 Å². The molecule has 1 aliphatic rings. The maximum atomic E-state index is 11.6. The Morgan fingerprint density at radius 2 is 2.15 bits per heavy atom. The summed E-state index contributed by atoms with van der Waals surface area (Å²) >= 11 is 6.36. The van der Waals surface area contributed by atoms with Gasteiger partial charge in [0.1, 0.15) is 6.10 Å². The minimum absolute atomic E-state index is 0.0272. The van der Waals surface area contributed by atoms with Crippen molar-refractivity contribution in [3.63, 3.8) is 0 Å². The van der Waals surface area contributed by atoms with Crippen molar-refractivity contribution in [3.8, 4) is 0 Å². The molecule has 1 aliphatic carbocycles. The molecule has 1 atom stereocenters. The quantitative estimate of drug-likeness (QED) is 0.685. The fourth-order valence-electron chi connectivity index (χ4n) is 2.31. The average Bonchev–Trinajstić information content (AvgIpc) is 2.46. The number of hydrogen-bond acceptors (Lipinski definition) is 3. The summed E-state index contributed by atoms with van der Waals surface area (Å²) in [5, 5.41) is 10.8. The largest absolute Gasteiger partial charge is 0.463 e. The summed E-state index contributed by atoms with van der Waals surface area (Å²) in [6.45, 7) is 5.58. The molecule has 1 unspecified atom stereocenters. The van der Waals surface area contributed by atoms with Crippen LogP contribution in [0.5, 0.6) is 0 Å². The second-order valence-electron chi connectivity index (χ2n) is 4.64. The Morgan fingerprint density at radius 1 is 1.45 bits per heavy atom. The Hall–Kier alpha value is -1.58. The number of aliphatic hydroxyl groups excluding tert-OH is 1. The van der Waals surface area contributed by atoms with Gasteiger partial charge in [-0.3, -0.25) is 0 Å². The lowest BCUT2D eigenvalue weighted by atomic mass is 9.87. The van der Waals surface area contributed by atoms with Gasteiger partial charge in [-0.25, -0.2) is 4.79 Å². The third kappa shape index (κ3) is 2.79. The maximum absolute atomic E-state index is 11.6. The van der Waals surface area contributed by atoms with Crippen LogP contribution in [-0.2, 0) is 16.0 Å². The molecule has 1 N–H and O–H groups in total. The summed E-state index contributed by atoms with van der Waals surface area (Å²) in [5.74, 6) is -0.587. The number of aryl methyl sites for hydroxylation is 1. The normalized spacial score (nSPS) is 15.6. The Morgan fingerprint density at radius 3 is 2.85 bits per heavy atom. The summed E-state index contributed by atoms with van der Waals surface area (Å²) in [7, 11) is 0. The number of ether oxygens (including phenoxy) is 1. The summed E-state index contributed by atoms with van der Waals surface area (Å²) < 4.78 is 4.86. The smallest absolute Gasteiger partial charge is 0.336 e. The number of carbonyl (C=O) groups excluding carboxylic acids is 1. The van der Waals surface area contributed by atoms with Gasteiger partial charge < -0.3 is 9.84 Å². The van der Waals surface area contributed by atoms with Crippen LogP contribution < -0.4 is 0 Å². The number of hydrogen-bond donors (Lipinski definition) is 1. The van der Waals surface area contributed by atoms with Crippen molar-refractivity contribution >= 4 is 22.6 Å². The van der Waals surface area contributed by atoms with Crippen molar-refractivity contribution in [3.05, 3.63) is 53.1 Å². The van der Waals surface area contributed by atoms with Crippen LogP contribution in [0.2, 0.25) is 0 Å². The third-order valence-electron chi connectivity index (χ3n) is 3.40. The molecule has 0 bridgehead atoms. The number of aliphatic hydroxyl groups is 1. The molecule has 0 spiro atoms. The number of rotatable bonds is 4. The number of fused-ring (bicyclic) bond motifs is 1. The molecule has 106 valence electrons. The molecule has 2 rings (SSSR count). The second kappa shape index (κ2) is 6.25. The molecule has 4 heteroatoms. The fraction of sp³-hybridized carbons (Fsp3) is 0.312. The molecular weight excluding hydrogens is 276 g/mol. The molecule has 3 nitrogen and oxygen atoms in total. The Labute approximate surface area is 123 Å². The van der Waals surface area contributed by atoms with E-state index in [0.29, 0.717) is 17.0 Å². The topological polar surface area (TPSA) is 46.5 Å². The monoisotopic (exact) mass is 292 g/mol. The standard InChI is InChI=1S/C16H17ClO3/c1-3-20-16(19)10(2)15(18)13-9-8-11-6-4-5-7-12(11)14(13)17/h4-7,15,18H,2-3,8-9H2,1H3. The van der Waals surface area contributed by atoms with Crippen molar-refractivity contribution in [1.29, 1.82) is 0 Å². The van der Waals surface area contributed by atoms with E-state index in [9.17, 15) is 9.90 Å². The van der Waals surface area contributed by atoms with E-state index in [1.54, 1.807) is 6.92 Å². The number of benzene rings is 1. The van der Waals surface area contributed by atoms with E-state index < -0.39 is 12.1 Å². The first-order valence-electron chi connectivity index (χ1n) is 6.57. The lowest BCUT2D eigenvalue weighted by Gasteiger charge is -2.24. The zero-order valence-electron chi connectivity index (χ0n) is 11.4. The fourth-order valence-corrected chi connectivity index (χ4v) is 2.69. The predicted octanol–water partition coefficient (Wildman–Crippen LogP) is 3.06. The first-order valence-corrected chi connectivity index (χ1v) is 6.94. The molecule has 1 aromatic rings. The highest BCUT2D eigenvalue weighted by Crippen LogP contribution is 2.36. The van der Waals surface area contributed by atoms with Crippen LogP contribution >= 0.6 is 11.6 Å². The van der Waals surface area contributed by atoms with E-state index in [1.807, 2.05) is 24.3 Å². The zero-order valence-corrected chi connectivity index (χ0v) is 12.1. The van der Waals surface area contributed by atoms with Crippen LogP contribution in [0.3, 0.4) is 0 Å². The van der Waals surface area contributed by atoms with Crippen LogP contribution in [0, 0.1) is 0 Å². The van der Waals surface area contributed by atoms with E-state index in [0.717, 1.165) is 17.5 Å². The van der Waals surface area contributed by atoms with Gasteiger partial charge in [0.25, 0.3) is 0 Å². The van der Waals surface area contributed by atoms with Gasteiger partial charge in [0.05, 0.1) is 17.2 Å². The molecule has 0 saturated heterocycles. The highest BCUT2D eigenvalue weighted by atomic mass is 35.5. The Balaban J connectivity index is 2.29. The van der Waals surface area contributed by atoms with Crippen molar-refractivity contribution < 1.29 is 14.6 Å². The summed E-state index contributed by atoms with van der Waals surface area (Å²) in [6, 6.07) is 7.79. The van der Waals surface area contributed by atoms with Gasteiger partial charge >= 0.3 is 5.97 Å². The van der Waals surface area contributed by atoms with Gasteiger partial charge in [-0.15, -0.1) is 0 Å². The van der Waals surface area contributed by atoms with Crippen LogP contribution in [0.4, 0.5) is 0 Å². The van der Waals surface area contributed by atoms with E-state index in [2.05, 4.69) is 6.58 Å². The Kier molecular flexibility index (Phi) is 4.63. The lowest BCUT2D eigenvalue weighted by Crippen LogP contribution is -2.23. The molecular formula is C16H17ClO3. The highest BCUT2D eigenvalue weighted by Gasteiger charge is 2.27. The van der Waals surface area contributed by atoms with E-state index in [1.165, 1.54) is 0 Å². The molecule has 0 radical (unpaired) electrons. The summed E-state index contributed by atoms with van der Waals surface area (Å²) in [6.07, 6.45) is 0.305. The van der Waals surface area contributed by atoms with Crippen LogP contribution in [0.1, 0.15) is 24.5 Å². The molecule has 0 heterocycles. The van der Waals surface area contributed by atoms with E-state index in [4.69, 9.17) is 16.3 Å². The summed E-state index contributed by atoms with van der Waals surface area (Å²) in [4.78, 5) is 11.6. The minimum Gasteiger partial charge on any atom is -0.463 e.